The number of rotatable bonds is 3. The summed E-state index contributed by atoms with van der Waals surface area (Å²) in [5, 5.41) is 0. The van der Waals surface area contributed by atoms with Crippen LogP contribution in [-0.4, -0.2) is 34.0 Å². The number of imidazole rings is 1. The molecule has 122 valence electrons. The van der Waals surface area contributed by atoms with Gasteiger partial charge >= 0.3 is 0 Å². The third-order valence-corrected chi connectivity index (χ3v) is 7.62. The molecule has 1 aliphatic carbocycles. The largest absolute Gasteiger partial charge is 0.348 e. The molecule has 0 saturated heterocycles. The number of hydrogen-bond acceptors (Lipinski definition) is 3. The normalized spacial score (nSPS) is 23.5. The number of fused-ring (bicyclic) bond motifs is 1. The minimum Gasteiger partial charge on any atom is -0.348 e. The lowest BCUT2D eigenvalue weighted by molar-refractivity contribution is 0.332. The lowest BCUT2D eigenvalue weighted by Crippen LogP contribution is -2.45. The van der Waals surface area contributed by atoms with Gasteiger partial charge in [-0.3, -0.25) is 0 Å². The third-order valence-electron chi connectivity index (χ3n) is 4.95. The number of benzene rings is 1. The smallest absolute Gasteiger partial charge is 0.220 e. The number of H-pyrrole nitrogens is 1. The first-order chi connectivity index (χ1) is 10.9. The van der Waals surface area contributed by atoms with Crippen molar-refractivity contribution in [2.75, 3.05) is 6.54 Å². The highest BCUT2D eigenvalue weighted by Gasteiger charge is 2.55. The second-order valence-corrected chi connectivity index (χ2v) is 8.94. The van der Waals surface area contributed by atoms with Gasteiger partial charge < -0.3 is 4.98 Å². The van der Waals surface area contributed by atoms with Gasteiger partial charge in [-0.05, 0) is 37.5 Å². The van der Waals surface area contributed by atoms with Crippen LogP contribution in [0.3, 0.4) is 0 Å². The highest BCUT2D eigenvalue weighted by Crippen LogP contribution is 2.48. The van der Waals surface area contributed by atoms with E-state index < -0.39 is 20.8 Å². The summed E-state index contributed by atoms with van der Waals surface area (Å²) in [6.07, 6.45) is 3.59. The SMILES string of the molecule is CC1(S(=O)(=O)N2CCc3[nH]cnc3C2c2ccc(F)cc2)CC1. The summed E-state index contributed by atoms with van der Waals surface area (Å²) in [6, 6.07) is 5.51. The van der Waals surface area contributed by atoms with Gasteiger partial charge in [-0.15, -0.1) is 0 Å². The van der Waals surface area contributed by atoms with Crippen LogP contribution in [0.2, 0.25) is 0 Å². The molecule has 5 nitrogen and oxygen atoms in total. The van der Waals surface area contributed by atoms with Crippen molar-refractivity contribution in [2.45, 2.75) is 37.0 Å². The van der Waals surface area contributed by atoms with Crippen LogP contribution in [0.5, 0.6) is 0 Å². The Morgan fingerprint density at radius 2 is 2.00 bits per heavy atom. The fraction of sp³-hybridized carbons (Fsp3) is 0.438. The molecule has 1 aromatic heterocycles. The van der Waals surface area contributed by atoms with E-state index in [1.54, 1.807) is 29.7 Å². The second kappa shape index (κ2) is 4.88. The van der Waals surface area contributed by atoms with E-state index in [1.165, 1.54) is 12.1 Å². The molecule has 1 saturated carbocycles. The molecule has 0 bridgehead atoms. The Kier molecular flexibility index (Phi) is 3.15. The molecule has 23 heavy (non-hydrogen) atoms. The number of nitrogens with one attached hydrogen (secondary N) is 1. The Balaban J connectivity index is 1.84. The highest BCUT2D eigenvalue weighted by atomic mass is 32.2. The van der Waals surface area contributed by atoms with Gasteiger partial charge in [0.25, 0.3) is 0 Å². The maximum Gasteiger partial charge on any atom is 0.220 e. The van der Waals surface area contributed by atoms with Crippen LogP contribution in [0.25, 0.3) is 0 Å². The summed E-state index contributed by atoms with van der Waals surface area (Å²) in [7, 11) is -3.43. The molecular formula is C16H18FN3O2S. The number of halogens is 1. The lowest BCUT2D eigenvalue weighted by atomic mass is 9.98. The topological polar surface area (TPSA) is 66.1 Å². The molecule has 1 aromatic carbocycles. The van der Waals surface area contributed by atoms with E-state index in [2.05, 4.69) is 9.97 Å². The average molecular weight is 335 g/mol. The van der Waals surface area contributed by atoms with Gasteiger partial charge in [0.05, 0.1) is 22.8 Å². The summed E-state index contributed by atoms with van der Waals surface area (Å²) in [5.74, 6) is -0.338. The van der Waals surface area contributed by atoms with E-state index >= 15 is 0 Å². The highest BCUT2D eigenvalue weighted by molar-refractivity contribution is 7.90. The van der Waals surface area contributed by atoms with E-state index in [4.69, 9.17) is 0 Å². The maximum absolute atomic E-state index is 13.3. The molecule has 0 spiro atoms. The molecule has 1 atom stereocenters. The first kappa shape index (κ1) is 14.8. The number of nitrogens with zero attached hydrogens (tertiary/aromatic N) is 2. The van der Waals surface area contributed by atoms with Crippen molar-refractivity contribution in [2.24, 2.45) is 0 Å². The predicted molar refractivity (Wildman–Crippen MR) is 83.8 cm³/mol. The molecule has 2 heterocycles. The number of hydrogen-bond donors (Lipinski definition) is 1. The molecule has 0 amide bonds. The van der Waals surface area contributed by atoms with Gasteiger partial charge in [-0.2, -0.15) is 4.31 Å². The summed E-state index contributed by atoms with van der Waals surface area (Å²) in [6.45, 7) is 2.21. The number of aromatic amines is 1. The zero-order chi connectivity index (χ0) is 16.2. The molecule has 2 aliphatic rings. The van der Waals surface area contributed by atoms with Crippen LogP contribution < -0.4 is 0 Å². The van der Waals surface area contributed by atoms with E-state index in [0.29, 0.717) is 25.8 Å². The van der Waals surface area contributed by atoms with Crippen LogP contribution >= 0.6 is 0 Å². The van der Waals surface area contributed by atoms with Crippen molar-refractivity contribution in [1.82, 2.24) is 14.3 Å². The molecule has 0 radical (unpaired) electrons. The molecular weight excluding hydrogens is 317 g/mol. The third kappa shape index (κ3) is 2.21. The van der Waals surface area contributed by atoms with Crippen LogP contribution in [0.1, 0.15) is 42.8 Å². The van der Waals surface area contributed by atoms with Crippen molar-refractivity contribution in [1.29, 1.82) is 0 Å². The average Bonchev–Trinajstić information content (AvgIpc) is 3.12. The summed E-state index contributed by atoms with van der Waals surface area (Å²) < 4.78 is 40.3. The molecule has 1 aliphatic heterocycles. The van der Waals surface area contributed by atoms with Gasteiger partial charge in [-0.25, -0.2) is 17.8 Å². The van der Waals surface area contributed by atoms with Crippen molar-refractivity contribution in [3.8, 4) is 0 Å². The number of aromatic nitrogens is 2. The first-order valence-corrected chi connectivity index (χ1v) is 9.15. The van der Waals surface area contributed by atoms with Gasteiger partial charge in [-0.1, -0.05) is 12.1 Å². The number of sulfonamides is 1. The Labute approximate surface area is 134 Å². The van der Waals surface area contributed by atoms with Crippen molar-refractivity contribution in [3.05, 3.63) is 53.4 Å². The zero-order valence-electron chi connectivity index (χ0n) is 12.8. The summed E-state index contributed by atoms with van der Waals surface area (Å²) in [4.78, 5) is 7.44. The van der Waals surface area contributed by atoms with Gasteiger partial charge in [0, 0.05) is 18.7 Å². The Morgan fingerprint density at radius 3 is 2.65 bits per heavy atom. The minimum absolute atomic E-state index is 0.338. The van der Waals surface area contributed by atoms with Gasteiger partial charge in [0.15, 0.2) is 0 Å². The van der Waals surface area contributed by atoms with Crippen molar-refractivity contribution >= 4 is 10.0 Å². The molecule has 1 unspecified atom stereocenters. The van der Waals surface area contributed by atoms with E-state index in [1.807, 2.05) is 0 Å². The van der Waals surface area contributed by atoms with E-state index in [0.717, 1.165) is 17.0 Å². The Bertz CT molecular complexity index is 840. The Morgan fingerprint density at radius 1 is 1.30 bits per heavy atom. The van der Waals surface area contributed by atoms with Crippen molar-refractivity contribution < 1.29 is 12.8 Å². The fourth-order valence-corrected chi connectivity index (χ4v) is 5.22. The zero-order valence-corrected chi connectivity index (χ0v) is 13.6. The fourth-order valence-electron chi connectivity index (χ4n) is 3.20. The maximum atomic E-state index is 13.3. The first-order valence-electron chi connectivity index (χ1n) is 7.71. The van der Waals surface area contributed by atoms with Crippen LogP contribution in [-0.2, 0) is 16.4 Å². The van der Waals surface area contributed by atoms with E-state index in [-0.39, 0.29) is 5.82 Å². The van der Waals surface area contributed by atoms with Gasteiger partial charge in [0.2, 0.25) is 10.0 Å². The predicted octanol–water partition coefficient (Wildman–Crippen LogP) is 2.38. The minimum atomic E-state index is -3.43. The Hall–Kier alpha value is -1.73. The molecule has 1 N–H and O–H groups in total. The van der Waals surface area contributed by atoms with E-state index in [9.17, 15) is 12.8 Å². The quantitative estimate of drug-likeness (QED) is 0.936. The second-order valence-electron chi connectivity index (χ2n) is 6.54. The van der Waals surface area contributed by atoms with Crippen LogP contribution in [0, 0.1) is 5.82 Å². The summed E-state index contributed by atoms with van der Waals surface area (Å²) in [5.41, 5.74) is 2.41. The van der Waals surface area contributed by atoms with Gasteiger partial charge in [0.1, 0.15) is 5.82 Å². The monoisotopic (exact) mass is 335 g/mol. The molecule has 4 rings (SSSR count). The van der Waals surface area contributed by atoms with Crippen molar-refractivity contribution in [3.63, 3.8) is 0 Å². The van der Waals surface area contributed by atoms with Crippen LogP contribution in [0.4, 0.5) is 4.39 Å². The lowest BCUT2D eigenvalue weighted by Gasteiger charge is -2.36. The summed E-state index contributed by atoms with van der Waals surface area (Å²) >= 11 is 0. The standard InChI is InChI=1S/C16H18FN3O2S/c1-16(7-8-16)23(21,22)20-9-6-13-14(19-10-18-13)15(20)11-2-4-12(17)5-3-11/h2-5,10,15H,6-9H2,1H3,(H,18,19). The molecule has 7 heteroatoms. The van der Waals surface area contributed by atoms with Crippen LogP contribution in [0.15, 0.2) is 30.6 Å². The molecule has 1 fully saturated rings. The molecule has 2 aromatic rings.